The molecule has 2 heterocycles. The van der Waals surface area contributed by atoms with Crippen molar-refractivity contribution in [2.45, 2.75) is 39.2 Å². The summed E-state index contributed by atoms with van der Waals surface area (Å²) in [5.74, 6) is 0. The van der Waals surface area contributed by atoms with Gasteiger partial charge in [-0.3, -0.25) is 0 Å². The van der Waals surface area contributed by atoms with E-state index in [9.17, 15) is 9.59 Å². The van der Waals surface area contributed by atoms with Crippen molar-refractivity contribution in [3.8, 4) is 0 Å². The molecule has 105 valence electrons. The van der Waals surface area contributed by atoms with Crippen molar-refractivity contribution in [1.29, 1.82) is 0 Å². The molecule has 2 aliphatic rings. The number of nitrogens with zero attached hydrogens (tertiary/aromatic N) is 2. The maximum Gasteiger partial charge on any atom is 0.410 e. The average Bonchev–Trinajstić information content (AvgIpc) is 2.84. The van der Waals surface area contributed by atoms with Crippen LogP contribution in [0.2, 0.25) is 0 Å². The van der Waals surface area contributed by atoms with Crippen LogP contribution in [0.5, 0.6) is 0 Å². The number of rotatable bonds is 1. The fourth-order valence-corrected chi connectivity index (χ4v) is 2.76. The van der Waals surface area contributed by atoms with Crippen molar-refractivity contribution in [3.63, 3.8) is 0 Å². The van der Waals surface area contributed by atoms with E-state index in [0.29, 0.717) is 6.54 Å². The molecule has 2 fully saturated rings. The molecule has 2 saturated heterocycles. The topological polar surface area (TPSA) is 49.9 Å². The maximum atomic E-state index is 12.0. The maximum absolute atomic E-state index is 12.0. The number of ether oxygens (including phenoxy) is 1. The minimum absolute atomic E-state index is 0. The van der Waals surface area contributed by atoms with E-state index in [0.717, 1.165) is 32.5 Å². The fraction of sp³-hybridized carbons (Fsp3) is 0.846. The van der Waals surface area contributed by atoms with Gasteiger partial charge in [0, 0.05) is 51.2 Å². The second-order valence-corrected chi connectivity index (χ2v) is 6.41. The Labute approximate surface area is 139 Å². The van der Waals surface area contributed by atoms with Crippen LogP contribution in [0.4, 0.5) is 4.79 Å². The zero-order valence-corrected chi connectivity index (χ0v) is 14.8. The molecule has 0 saturated carbocycles. The third kappa shape index (κ3) is 4.15. The molecule has 1 radical (unpaired) electrons. The molecule has 2 amide bonds. The van der Waals surface area contributed by atoms with E-state index in [4.69, 9.17) is 4.74 Å². The quantitative estimate of drug-likeness (QED) is 0.677. The van der Waals surface area contributed by atoms with Crippen LogP contribution in [0, 0.1) is 5.41 Å². The molecule has 1 spiro atoms. The van der Waals surface area contributed by atoms with Crippen molar-refractivity contribution in [2.24, 2.45) is 5.41 Å². The molecule has 2 rings (SSSR count). The first kappa shape index (κ1) is 16.9. The van der Waals surface area contributed by atoms with Crippen LogP contribution in [-0.4, -0.2) is 54.1 Å². The summed E-state index contributed by atoms with van der Waals surface area (Å²) in [5.41, 5.74) is -0.376. The van der Waals surface area contributed by atoms with Crippen LogP contribution >= 0.6 is 0 Å². The van der Waals surface area contributed by atoms with Crippen molar-refractivity contribution >= 4 is 12.5 Å². The van der Waals surface area contributed by atoms with Gasteiger partial charge in [-0.2, -0.15) is 6.41 Å². The van der Waals surface area contributed by atoms with Gasteiger partial charge in [0.15, 0.2) is 0 Å². The molecule has 2 aliphatic heterocycles. The minimum atomic E-state index is -0.453. The first-order chi connectivity index (χ1) is 8.34. The van der Waals surface area contributed by atoms with E-state index in [-0.39, 0.29) is 44.2 Å². The molecule has 0 aromatic heterocycles. The van der Waals surface area contributed by atoms with E-state index >= 15 is 0 Å². The zero-order chi connectivity index (χ0) is 13.4. The summed E-state index contributed by atoms with van der Waals surface area (Å²) in [4.78, 5) is 26.1. The molecule has 0 bridgehead atoms. The fourth-order valence-electron chi connectivity index (χ4n) is 2.76. The molecule has 5 nitrogen and oxygen atoms in total. The van der Waals surface area contributed by atoms with Crippen LogP contribution in [-0.2, 0) is 42.2 Å². The predicted octanol–water partition coefficient (Wildman–Crippen LogP) is 1.38. The van der Waals surface area contributed by atoms with Crippen molar-refractivity contribution < 1.29 is 47.0 Å². The van der Waals surface area contributed by atoms with Crippen LogP contribution in [0.25, 0.3) is 0 Å². The Morgan fingerprint density at radius 2 is 1.84 bits per heavy atom. The molecule has 0 aliphatic carbocycles. The number of hydrogen-bond donors (Lipinski definition) is 0. The number of carbonyl (C=O) groups is 1. The van der Waals surface area contributed by atoms with Gasteiger partial charge in [0.25, 0.3) is 0 Å². The van der Waals surface area contributed by atoms with Crippen molar-refractivity contribution in [2.75, 3.05) is 26.2 Å². The summed E-state index contributed by atoms with van der Waals surface area (Å²) in [6, 6.07) is 0. The zero-order valence-electron chi connectivity index (χ0n) is 11.9. The first-order valence-corrected chi connectivity index (χ1v) is 6.44. The van der Waals surface area contributed by atoms with Crippen LogP contribution in [0.3, 0.4) is 0 Å². The molecule has 1 unspecified atom stereocenters. The SMILES string of the molecule is CC(C)(C)OC(=O)N1CCC2(CCN([C-]=O)C2)C1.[Y]. The van der Waals surface area contributed by atoms with Gasteiger partial charge in [-0.15, -0.1) is 0 Å². The van der Waals surface area contributed by atoms with Crippen LogP contribution in [0.1, 0.15) is 33.6 Å². The number of amides is 2. The van der Waals surface area contributed by atoms with Crippen LogP contribution in [0.15, 0.2) is 0 Å². The summed E-state index contributed by atoms with van der Waals surface area (Å²) in [6.07, 6.45) is 3.61. The van der Waals surface area contributed by atoms with Gasteiger partial charge in [0.2, 0.25) is 0 Å². The molecular weight excluding hydrogens is 321 g/mol. The molecule has 0 N–H and O–H groups in total. The van der Waals surface area contributed by atoms with E-state index in [1.165, 1.54) is 0 Å². The van der Waals surface area contributed by atoms with Crippen LogP contribution < -0.4 is 0 Å². The van der Waals surface area contributed by atoms with E-state index in [1.807, 2.05) is 27.2 Å². The number of hydrogen-bond acceptors (Lipinski definition) is 3. The first-order valence-electron chi connectivity index (χ1n) is 6.44. The summed E-state index contributed by atoms with van der Waals surface area (Å²) < 4.78 is 5.37. The normalized spacial score (nSPS) is 26.5. The summed E-state index contributed by atoms with van der Waals surface area (Å²) in [6.45, 7) is 8.50. The Bertz CT molecular complexity index is 356. The van der Waals surface area contributed by atoms with E-state index in [2.05, 4.69) is 0 Å². The van der Waals surface area contributed by atoms with Gasteiger partial charge < -0.3 is 19.3 Å². The van der Waals surface area contributed by atoms with Gasteiger partial charge >= 0.3 is 6.09 Å². The van der Waals surface area contributed by atoms with Gasteiger partial charge in [-0.25, -0.2) is 4.79 Å². The largest absolute Gasteiger partial charge is 0.520 e. The Morgan fingerprint density at radius 3 is 2.37 bits per heavy atom. The summed E-state index contributed by atoms with van der Waals surface area (Å²) in [7, 11) is 0. The number of carbonyl (C=O) groups excluding carboxylic acids is 2. The molecule has 1 atom stereocenters. The van der Waals surface area contributed by atoms with E-state index in [1.54, 1.807) is 9.80 Å². The Balaban J connectivity index is 0.00000180. The van der Waals surface area contributed by atoms with Crippen molar-refractivity contribution in [1.82, 2.24) is 9.80 Å². The Hall–Kier alpha value is -0.156. The molecule has 0 aromatic rings. The Morgan fingerprint density at radius 1 is 1.21 bits per heavy atom. The smallest absolute Gasteiger partial charge is 0.410 e. The predicted molar refractivity (Wildman–Crippen MR) is 66.7 cm³/mol. The van der Waals surface area contributed by atoms with Gasteiger partial charge in [-0.05, 0) is 46.7 Å². The third-order valence-electron chi connectivity index (χ3n) is 3.66. The number of likely N-dealkylation sites (tertiary alicyclic amines) is 2. The second kappa shape index (κ2) is 6.09. The Kier molecular flexibility index (Phi) is 5.41. The molecule has 19 heavy (non-hydrogen) atoms. The third-order valence-corrected chi connectivity index (χ3v) is 3.66. The summed E-state index contributed by atoms with van der Waals surface area (Å²) >= 11 is 0. The standard InChI is InChI=1S/C13H21N2O3.Y/c1-12(2,3)18-11(17)15-7-5-13(9-15)4-6-14(8-13)10-16;/h4-9H2,1-3H3;/q-1;. The monoisotopic (exact) mass is 342 g/mol. The molecular formula is C13H21N2O3Y-. The summed E-state index contributed by atoms with van der Waals surface area (Å²) in [5, 5.41) is 0. The van der Waals surface area contributed by atoms with Gasteiger partial charge in [0.05, 0.1) is 0 Å². The molecule has 6 heteroatoms. The van der Waals surface area contributed by atoms with Gasteiger partial charge in [0.1, 0.15) is 5.60 Å². The van der Waals surface area contributed by atoms with Gasteiger partial charge in [-0.1, -0.05) is 0 Å². The minimum Gasteiger partial charge on any atom is -0.520 e. The second-order valence-electron chi connectivity index (χ2n) is 6.41. The van der Waals surface area contributed by atoms with Crippen molar-refractivity contribution in [3.05, 3.63) is 0 Å². The average molecular weight is 342 g/mol. The van der Waals surface area contributed by atoms with E-state index < -0.39 is 5.60 Å². The molecule has 0 aromatic carbocycles.